The predicted molar refractivity (Wildman–Crippen MR) is 93.9 cm³/mol. The Bertz CT molecular complexity index is 619. The second-order valence-corrected chi connectivity index (χ2v) is 7.61. The summed E-state index contributed by atoms with van der Waals surface area (Å²) >= 11 is 0. The molecule has 1 heterocycles. The summed E-state index contributed by atoms with van der Waals surface area (Å²) in [4.78, 5) is 27.8. The van der Waals surface area contributed by atoms with Gasteiger partial charge in [-0.1, -0.05) is 6.07 Å². The molecule has 1 aliphatic heterocycles. The van der Waals surface area contributed by atoms with Crippen molar-refractivity contribution < 1.29 is 18.7 Å². The van der Waals surface area contributed by atoms with Crippen molar-refractivity contribution in [2.45, 2.75) is 39.2 Å². The molecule has 0 aliphatic carbocycles. The number of piperidine rings is 1. The van der Waals surface area contributed by atoms with Crippen LogP contribution >= 0.6 is 0 Å². The van der Waals surface area contributed by atoms with Crippen molar-refractivity contribution in [2.24, 2.45) is 5.92 Å². The normalized spacial score (nSPS) is 15.8. The number of ether oxygens (including phenoxy) is 1. The molecule has 0 saturated carbocycles. The topological polar surface area (TPSA) is 49.9 Å². The van der Waals surface area contributed by atoms with Gasteiger partial charge >= 0.3 is 6.09 Å². The summed E-state index contributed by atoms with van der Waals surface area (Å²) in [5, 5.41) is 0. The molecule has 2 amide bonds. The standard InChI is InChI=1S/C19H27FN2O3/c1-19(2,3)25-18(24)22-10-8-14(9-11-22)13-21(4)17(23)15-6-5-7-16(20)12-15/h5-7,12,14H,8-11,13H2,1-4H3. The minimum Gasteiger partial charge on any atom is -0.444 e. The van der Waals surface area contributed by atoms with E-state index in [4.69, 9.17) is 4.74 Å². The summed E-state index contributed by atoms with van der Waals surface area (Å²) in [7, 11) is 1.73. The highest BCUT2D eigenvalue weighted by atomic mass is 19.1. The van der Waals surface area contributed by atoms with E-state index in [0.717, 1.165) is 12.8 Å². The van der Waals surface area contributed by atoms with Gasteiger partial charge in [0.25, 0.3) is 5.91 Å². The van der Waals surface area contributed by atoms with E-state index in [1.54, 1.807) is 22.9 Å². The van der Waals surface area contributed by atoms with Crippen molar-refractivity contribution in [3.05, 3.63) is 35.6 Å². The first-order chi connectivity index (χ1) is 11.7. The molecule has 1 fully saturated rings. The zero-order chi connectivity index (χ0) is 18.6. The van der Waals surface area contributed by atoms with E-state index in [1.165, 1.54) is 18.2 Å². The van der Waals surface area contributed by atoms with Gasteiger partial charge in [0.2, 0.25) is 0 Å². The number of carbonyl (C=O) groups excluding carboxylic acids is 2. The smallest absolute Gasteiger partial charge is 0.410 e. The molecule has 1 saturated heterocycles. The van der Waals surface area contributed by atoms with E-state index in [1.807, 2.05) is 20.8 Å². The van der Waals surface area contributed by atoms with Crippen molar-refractivity contribution >= 4 is 12.0 Å². The van der Waals surface area contributed by atoms with E-state index >= 15 is 0 Å². The summed E-state index contributed by atoms with van der Waals surface area (Å²) in [6.45, 7) is 7.40. The molecule has 1 aromatic rings. The second kappa shape index (κ2) is 7.85. The first-order valence-electron chi connectivity index (χ1n) is 8.64. The molecule has 0 radical (unpaired) electrons. The maximum atomic E-state index is 13.3. The van der Waals surface area contributed by atoms with Crippen LogP contribution in [0.4, 0.5) is 9.18 Å². The number of likely N-dealkylation sites (tertiary alicyclic amines) is 1. The molecule has 25 heavy (non-hydrogen) atoms. The van der Waals surface area contributed by atoms with Gasteiger partial charge in [-0.25, -0.2) is 9.18 Å². The molecular weight excluding hydrogens is 323 g/mol. The summed E-state index contributed by atoms with van der Waals surface area (Å²) in [5.41, 5.74) is -0.139. The van der Waals surface area contributed by atoms with E-state index < -0.39 is 11.4 Å². The van der Waals surface area contributed by atoms with Gasteiger partial charge in [-0.3, -0.25) is 4.79 Å². The molecule has 0 aromatic heterocycles. The monoisotopic (exact) mass is 350 g/mol. The van der Waals surface area contributed by atoms with Crippen LogP contribution in [0.5, 0.6) is 0 Å². The van der Waals surface area contributed by atoms with Crippen LogP contribution in [0, 0.1) is 11.7 Å². The van der Waals surface area contributed by atoms with Gasteiger partial charge in [0, 0.05) is 32.2 Å². The summed E-state index contributed by atoms with van der Waals surface area (Å²) in [6, 6.07) is 5.73. The van der Waals surface area contributed by atoms with Crippen LogP contribution in [0.1, 0.15) is 44.0 Å². The average molecular weight is 350 g/mol. The zero-order valence-electron chi connectivity index (χ0n) is 15.4. The van der Waals surface area contributed by atoms with Gasteiger partial charge in [-0.05, 0) is 57.7 Å². The Morgan fingerprint density at radius 1 is 1.28 bits per heavy atom. The van der Waals surface area contributed by atoms with Gasteiger partial charge in [0.05, 0.1) is 0 Å². The Balaban J connectivity index is 1.83. The Morgan fingerprint density at radius 2 is 1.92 bits per heavy atom. The molecular formula is C19H27FN2O3. The van der Waals surface area contributed by atoms with Gasteiger partial charge in [-0.2, -0.15) is 0 Å². The van der Waals surface area contributed by atoms with Crippen molar-refractivity contribution in [3.8, 4) is 0 Å². The van der Waals surface area contributed by atoms with Crippen LogP contribution < -0.4 is 0 Å². The van der Waals surface area contributed by atoms with Gasteiger partial charge in [-0.15, -0.1) is 0 Å². The van der Waals surface area contributed by atoms with Crippen LogP contribution in [-0.2, 0) is 4.74 Å². The molecule has 2 rings (SSSR count). The Kier molecular flexibility index (Phi) is 6.03. The second-order valence-electron chi connectivity index (χ2n) is 7.61. The lowest BCUT2D eigenvalue weighted by molar-refractivity contribution is 0.0171. The number of hydrogen-bond donors (Lipinski definition) is 0. The van der Waals surface area contributed by atoms with Crippen LogP contribution in [-0.4, -0.2) is 54.1 Å². The lowest BCUT2D eigenvalue weighted by Gasteiger charge is -2.34. The summed E-state index contributed by atoms with van der Waals surface area (Å²) in [6.07, 6.45) is 1.36. The zero-order valence-corrected chi connectivity index (χ0v) is 15.4. The number of carbonyl (C=O) groups is 2. The van der Waals surface area contributed by atoms with Gasteiger partial charge < -0.3 is 14.5 Å². The highest BCUT2D eigenvalue weighted by molar-refractivity contribution is 5.94. The van der Waals surface area contributed by atoms with E-state index in [-0.39, 0.29) is 12.0 Å². The summed E-state index contributed by atoms with van der Waals surface area (Å²) in [5.74, 6) is -0.278. The SMILES string of the molecule is CN(CC1CCN(C(=O)OC(C)(C)C)CC1)C(=O)c1cccc(F)c1. The first-order valence-corrected chi connectivity index (χ1v) is 8.64. The lowest BCUT2D eigenvalue weighted by Crippen LogP contribution is -2.44. The number of nitrogens with zero attached hydrogens (tertiary/aromatic N) is 2. The molecule has 1 aliphatic rings. The highest BCUT2D eigenvalue weighted by Crippen LogP contribution is 2.21. The molecule has 0 N–H and O–H groups in total. The minimum atomic E-state index is -0.495. The maximum absolute atomic E-state index is 13.3. The van der Waals surface area contributed by atoms with Crippen molar-refractivity contribution in [2.75, 3.05) is 26.7 Å². The number of rotatable bonds is 3. The van der Waals surface area contributed by atoms with Crippen LogP contribution in [0.15, 0.2) is 24.3 Å². The number of halogens is 1. The lowest BCUT2D eigenvalue weighted by atomic mass is 9.96. The molecule has 1 aromatic carbocycles. The molecule has 5 nitrogen and oxygen atoms in total. The molecule has 0 bridgehead atoms. The summed E-state index contributed by atoms with van der Waals surface area (Å²) < 4.78 is 18.7. The van der Waals surface area contributed by atoms with E-state index in [9.17, 15) is 14.0 Å². The number of amides is 2. The molecule has 138 valence electrons. The minimum absolute atomic E-state index is 0.186. The fraction of sp³-hybridized carbons (Fsp3) is 0.579. The van der Waals surface area contributed by atoms with Crippen LogP contribution in [0.3, 0.4) is 0 Å². The predicted octanol–water partition coefficient (Wildman–Crippen LogP) is 3.54. The highest BCUT2D eigenvalue weighted by Gasteiger charge is 2.28. The van der Waals surface area contributed by atoms with Crippen molar-refractivity contribution in [1.82, 2.24) is 9.80 Å². The Hall–Kier alpha value is -2.11. The maximum Gasteiger partial charge on any atom is 0.410 e. The molecule has 0 unspecified atom stereocenters. The van der Waals surface area contributed by atoms with Gasteiger partial charge in [0.15, 0.2) is 0 Å². The molecule has 6 heteroatoms. The third-order valence-electron chi connectivity index (χ3n) is 4.22. The molecule has 0 atom stereocenters. The fourth-order valence-corrected chi connectivity index (χ4v) is 2.94. The Labute approximate surface area is 148 Å². The average Bonchev–Trinajstić information content (AvgIpc) is 2.53. The molecule has 0 spiro atoms. The Morgan fingerprint density at radius 3 is 2.48 bits per heavy atom. The van der Waals surface area contributed by atoms with Crippen LogP contribution in [0.25, 0.3) is 0 Å². The quantitative estimate of drug-likeness (QED) is 0.838. The van der Waals surface area contributed by atoms with E-state index in [2.05, 4.69) is 0 Å². The van der Waals surface area contributed by atoms with Crippen molar-refractivity contribution in [1.29, 1.82) is 0 Å². The van der Waals surface area contributed by atoms with E-state index in [0.29, 0.717) is 31.1 Å². The largest absolute Gasteiger partial charge is 0.444 e. The van der Waals surface area contributed by atoms with Crippen molar-refractivity contribution in [3.63, 3.8) is 0 Å². The third-order valence-corrected chi connectivity index (χ3v) is 4.22. The third kappa shape index (κ3) is 5.73. The van der Waals surface area contributed by atoms with Crippen LogP contribution in [0.2, 0.25) is 0 Å². The fourth-order valence-electron chi connectivity index (χ4n) is 2.94. The first kappa shape index (κ1) is 19.2. The number of benzene rings is 1. The number of hydrogen-bond acceptors (Lipinski definition) is 3. The van der Waals surface area contributed by atoms with Gasteiger partial charge in [0.1, 0.15) is 11.4 Å².